The highest BCUT2D eigenvalue weighted by Gasteiger charge is 2.05. The Kier molecular flexibility index (Phi) is 7.02. The number of nitrogens with one attached hydrogen (secondary N) is 2. The molecule has 5 heteroatoms. The predicted octanol–water partition coefficient (Wildman–Crippen LogP) is 4.76. The summed E-state index contributed by atoms with van der Waals surface area (Å²) in [6, 6.07) is 18.6. The summed E-state index contributed by atoms with van der Waals surface area (Å²) in [4.78, 5) is 15.0. The number of hydrogen-bond acceptors (Lipinski definition) is 3. The Bertz CT molecular complexity index is 817. The van der Waals surface area contributed by atoms with Crippen LogP contribution in [0.1, 0.15) is 17.5 Å². The van der Waals surface area contributed by atoms with E-state index in [0.29, 0.717) is 13.2 Å². The molecule has 26 heavy (non-hydrogen) atoms. The van der Waals surface area contributed by atoms with Gasteiger partial charge in [0.2, 0.25) is 0 Å². The van der Waals surface area contributed by atoms with Crippen LogP contribution in [0.5, 0.6) is 0 Å². The van der Waals surface area contributed by atoms with Crippen molar-refractivity contribution in [3.8, 4) is 0 Å². The number of fused-ring (bicyclic) bond motifs is 1. The highest BCUT2D eigenvalue weighted by Crippen LogP contribution is 2.17. The Balaban J connectivity index is 1.25. The highest BCUT2D eigenvalue weighted by atomic mass is 32.2. The van der Waals surface area contributed by atoms with Crippen LogP contribution in [0.3, 0.4) is 0 Å². The van der Waals surface area contributed by atoms with Crippen molar-refractivity contribution in [3.05, 3.63) is 71.9 Å². The van der Waals surface area contributed by atoms with E-state index in [1.54, 1.807) is 0 Å². The van der Waals surface area contributed by atoms with E-state index >= 15 is 0 Å². The van der Waals surface area contributed by atoms with E-state index in [2.05, 4.69) is 46.7 Å². The van der Waals surface area contributed by atoms with Crippen molar-refractivity contribution < 1.29 is 9.53 Å². The van der Waals surface area contributed by atoms with Gasteiger partial charge in [0.25, 0.3) is 0 Å². The average molecular weight is 369 g/mol. The molecule has 4 nitrogen and oxygen atoms in total. The molecule has 0 atom stereocenters. The van der Waals surface area contributed by atoms with E-state index in [1.165, 1.54) is 16.5 Å². The first-order valence-corrected chi connectivity index (χ1v) is 10.1. The van der Waals surface area contributed by atoms with E-state index in [0.717, 1.165) is 29.9 Å². The number of carbonyl (C=O) groups is 1. The first kappa shape index (κ1) is 18.4. The maximum atomic E-state index is 11.7. The standard InChI is InChI=1S/C21H24N2O2S/c24-21(25-13-6-14-26-16-17-7-2-1-3-8-17)22-12-11-18-15-23-20-10-5-4-9-19(18)20/h1-5,7-10,15,23H,6,11-14,16H2,(H,22,24). The zero-order valence-corrected chi connectivity index (χ0v) is 15.6. The van der Waals surface area contributed by atoms with E-state index in [-0.39, 0.29) is 6.09 Å². The molecule has 0 aliphatic rings. The number of para-hydroxylation sites is 1. The molecule has 0 unspecified atom stereocenters. The molecule has 0 radical (unpaired) electrons. The van der Waals surface area contributed by atoms with Crippen LogP contribution >= 0.6 is 11.8 Å². The quantitative estimate of drug-likeness (QED) is 0.535. The Morgan fingerprint density at radius 2 is 1.88 bits per heavy atom. The lowest BCUT2D eigenvalue weighted by Gasteiger charge is -2.07. The predicted molar refractivity (Wildman–Crippen MR) is 109 cm³/mol. The lowest BCUT2D eigenvalue weighted by atomic mass is 10.1. The van der Waals surface area contributed by atoms with Gasteiger partial charge >= 0.3 is 6.09 Å². The summed E-state index contributed by atoms with van der Waals surface area (Å²) in [5.74, 6) is 1.98. The van der Waals surface area contributed by atoms with Crippen molar-refractivity contribution in [1.82, 2.24) is 10.3 Å². The summed E-state index contributed by atoms with van der Waals surface area (Å²) in [6.45, 7) is 1.03. The largest absolute Gasteiger partial charge is 0.450 e. The maximum absolute atomic E-state index is 11.7. The van der Waals surface area contributed by atoms with E-state index < -0.39 is 0 Å². The topological polar surface area (TPSA) is 54.1 Å². The van der Waals surface area contributed by atoms with Crippen molar-refractivity contribution >= 4 is 28.8 Å². The number of carbonyl (C=O) groups excluding carboxylic acids is 1. The second-order valence-corrected chi connectivity index (χ2v) is 7.17. The molecule has 3 rings (SSSR count). The number of alkyl carbamates (subject to hydrolysis) is 1. The number of thioether (sulfide) groups is 1. The monoisotopic (exact) mass is 368 g/mol. The second kappa shape index (κ2) is 9.92. The number of hydrogen-bond donors (Lipinski definition) is 2. The number of aromatic nitrogens is 1. The number of ether oxygens (including phenoxy) is 1. The molecule has 0 saturated carbocycles. The van der Waals surface area contributed by atoms with E-state index in [4.69, 9.17) is 4.74 Å². The van der Waals surface area contributed by atoms with Crippen LogP contribution in [0.2, 0.25) is 0 Å². The number of amides is 1. The van der Waals surface area contributed by atoms with Gasteiger partial charge in [-0.25, -0.2) is 4.79 Å². The van der Waals surface area contributed by atoms with Gasteiger partial charge in [-0.1, -0.05) is 48.5 Å². The summed E-state index contributed by atoms with van der Waals surface area (Å²) < 4.78 is 5.23. The molecule has 1 heterocycles. The average Bonchev–Trinajstić information content (AvgIpc) is 3.09. The molecule has 1 amide bonds. The SMILES string of the molecule is O=C(NCCc1c[nH]c2ccccc12)OCCCSCc1ccccc1. The lowest BCUT2D eigenvalue weighted by Crippen LogP contribution is -2.26. The first-order valence-electron chi connectivity index (χ1n) is 8.90. The van der Waals surface area contributed by atoms with Gasteiger partial charge < -0.3 is 15.0 Å². The summed E-state index contributed by atoms with van der Waals surface area (Å²) in [5.41, 5.74) is 3.66. The molecule has 0 spiro atoms. The van der Waals surface area contributed by atoms with Crippen LogP contribution in [0.25, 0.3) is 10.9 Å². The Labute approximate surface area is 158 Å². The molecule has 0 aliphatic carbocycles. The van der Waals surface area contributed by atoms with Crippen LogP contribution in [-0.2, 0) is 16.9 Å². The summed E-state index contributed by atoms with van der Waals surface area (Å²) in [5, 5.41) is 4.03. The zero-order valence-electron chi connectivity index (χ0n) is 14.7. The van der Waals surface area contributed by atoms with Gasteiger partial charge in [-0.2, -0.15) is 11.8 Å². The molecule has 0 bridgehead atoms. The van der Waals surface area contributed by atoms with Crippen molar-refractivity contribution in [2.75, 3.05) is 18.9 Å². The van der Waals surface area contributed by atoms with Gasteiger partial charge in [-0.15, -0.1) is 0 Å². The van der Waals surface area contributed by atoms with Gasteiger partial charge in [0.05, 0.1) is 6.61 Å². The fraction of sp³-hybridized carbons (Fsp3) is 0.286. The van der Waals surface area contributed by atoms with Gasteiger partial charge in [0, 0.05) is 29.4 Å². The van der Waals surface area contributed by atoms with Gasteiger partial charge in [0.1, 0.15) is 0 Å². The van der Waals surface area contributed by atoms with Crippen LogP contribution in [-0.4, -0.2) is 30.0 Å². The maximum Gasteiger partial charge on any atom is 0.407 e. The minimum absolute atomic E-state index is 0.335. The van der Waals surface area contributed by atoms with E-state index in [1.807, 2.05) is 36.2 Å². The molecule has 3 aromatic rings. The molecule has 136 valence electrons. The van der Waals surface area contributed by atoms with E-state index in [9.17, 15) is 4.79 Å². The Morgan fingerprint density at radius 3 is 2.77 bits per heavy atom. The zero-order chi connectivity index (χ0) is 18.0. The number of benzene rings is 2. The van der Waals surface area contributed by atoms with Crippen LogP contribution in [0.15, 0.2) is 60.8 Å². The van der Waals surface area contributed by atoms with Crippen molar-refractivity contribution in [3.63, 3.8) is 0 Å². The van der Waals surface area contributed by atoms with Crippen LogP contribution in [0, 0.1) is 0 Å². The molecule has 2 N–H and O–H groups in total. The normalized spacial score (nSPS) is 10.8. The molecular formula is C21H24N2O2S. The van der Waals surface area contributed by atoms with Crippen LogP contribution in [0.4, 0.5) is 4.79 Å². The summed E-state index contributed by atoms with van der Waals surface area (Å²) >= 11 is 1.86. The number of rotatable bonds is 9. The fourth-order valence-electron chi connectivity index (χ4n) is 2.78. The molecule has 2 aromatic carbocycles. The molecule has 0 aliphatic heterocycles. The third-order valence-electron chi connectivity index (χ3n) is 4.12. The smallest absolute Gasteiger partial charge is 0.407 e. The molecule has 0 saturated heterocycles. The molecule has 1 aromatic heterocycles. The lowest BCUT2D eigenvalue weighted by molar-refractivity contribution is 0.147. The van der Waals surface area contributed by atoms with Gasteiger partial charge in [-0.05, 0) is 35.8 Å². The second-order valence-electron chi connectivity index (χ2n) is 6.06. The summed E-state index contributed by atoms with van der Waals surface area (Å²) in [7, 11) is 0. The van der Waals surface area contributed by atoms with Crippen molar-refractivity contribution in [2.24, 2.45) is 0 Å². The van der Waals surface area contributed by atoms with Crippen LogP contribution < -0.4 is 5.32 Å². The minimum atomic E-state index is -0.335. The third-order valence-corrected chi connectivity index (χ3v) is 5.23. The van der Waals surface area contributed by atoms with Crippen molar-refractivity contribution in [2.45, 2.75) is 18.6 Å². The summed E-state index contributed by atoms with van der Waals surface area (Å²) in [6.07, 6.45) is 3.32. The minimum Gasteiger partial charge on any atom is -0.450 e. The Morgan fingerprint density at radius 1 is 1.08 bits per heavy atom. The first-order chi connectivity index (χ1) is 12.8. The number of H-pyrrole nitrogens is 1. The third kappa shape index (κ3) is 5.56. The highest BCUT2D eigenvalue weighted by molar-refractivity contribution is 7.98. The fourth-order valence-corrected chi connectivity index (χ4v) is 3.67. The van der Waals surface area contributed by atoms with Gasteiger partial charge in [0.15, 0.2) is 0 Å². The molecular weight excluding hydrogens is 344 g/mol. The molecule has 0 fully saturated rings. The number of aromatic amines is 1. The Hall–Kier alpha value is -2.40. The van der Waals surface area contributed by atoms with Crippen molar-refractivity contribution in [1.29, 1.82) is 0 Å². The van der Waals surface area contributed by atoms with Gasteiger partial charge in [-0.3, -0.25) is 0 Å².